The average molecular weight is 447 g/mol. The molecule has 4 heterocycles. The highest BCUT2D eigenvalue weighted by Gasteiger charge is 2.27. The van der Waals surface area contributed by atoms with E-state index in [0.717, 1.165) is 28.2 Å². The molecule has 0 N–H and O–H groups in total. The molecule has 1 saturated heterocycles. The first-order chi connectivity index (χ1) is 16.0. The van der Waals surface area contributed by atoms with Crippen LogP contribution in [-0.2, 0) is 11.3 Å². The third-order valence-corrected chi connectivity index (χ3v) is 5.88. The minimum absolute atomic E-state index is 0.0871. The fourth-order valence-electron chi connectivity index (χ4n) is 4.17. The van der Waals surface area contributed by atoms with E-state index in [1.165, 1.54) is 11.8 Å². The zero-order valence-corrected chi connectivity index (χ0v) is 19.0. The third-order valence-electron chi connectivity index (χ3n) is 5.88. The first-order valence-corrected chi connectivity index (χ1v) is 10.9. The maximum atomic E-state index is 12.7. The molecule has 4 aromatic rings. The van der Waals surface area contributed by atoms with E-state index in [4.69, 9.17) is 24.2 Å². The molecule has 0 bridgehead atoms. The number of aryl methyl sites for hydroxylation is 2. The Bertz CT molecular complexity index is 1270. The van der Waals surface area contributed by atoms with Gasteiger partial charge < -0.3 is 19.0 Å². The molecular weight excluding hydrogens is 420 g/mol. The number of hydrogen-bond donors (Lipinski definition) is 0. The lowest BCUT2D eigenvalue weighted by Gasteiger charge is -2.35. The molecule has 170 valence electrons. The Morgan fingerprint density at radius 3 is 2.48 bits per heavy atom. The first kappa shape index (κ1) is 21.1. The number of carbonyl (C=O) groups excluding carboxylic acids is 1. The zero-order chi connectivity index (χ0) is 22.9. The molecule has 0 aliphatic carbocycles. The summed E-state index contributed by atoms with van der Waals surface area (Å²) in [6.45, 7) is 6.81. The van der Waals surface area contributed by atoms with Gasteiger partial charge in [-0.25, -0.2) is 14.6 Å². The fraction of sp³-hybridized carbons (Fsp3) is 0.333. The fourth-order valence-corrected chi connectivity index (χ4v) is 4.17. The number of fused-ring (bicyclic) bond motifs is 1. The molecular formula is C24H26N6O3. The smallest absolute Gasteiger partial charge is 0.289 e. The number of furan rings is 1. The normalized spacial score (nSPS) is 14.3. The van der Waals surface area contributed by atoms with Gasteiger partial charge in [0.05, 0.1) is 23.0 Å². The number of ether oxygens (including phenoxy) is 1. The van der Waals surface area contributed by atoms with Gasteiger partial charge in [0.15, 0.2) is 17.2 Å². The summed E-state index contributed by atoms with van der Waals surface area (Å²) in [4.78, 5) is 26.3. The molecule has 1 aliphatic rings. The van der Waals surface area contributed by atoms with Crippen molar-refractivity contribution in [3.05, 3.63) is 65.5 Å². The Labute approximate surface area is 191 Å². The maximum absolute atomic E-state index is 12.7. The summed E-state index contributed by atoms with van der Waals surface area (Å²) < 4.78 is 12.5. The molecule has 1 fully saturated rings. The van der Waals surface area contributed by atoms with Gasteiger partial charge in [0.2, 0.25) is 0 Å². The number of carbonyl (C=O) groups is 1. The summed E-state index contributed by atoms with van der Waals surface area (Å²) in [5.41, 5.74) is 3.74. The Hall–Kier alpha value is -3.72. The summed E-state index contributed by atoms with van der Waals surface area (Å²) in [6.07, 6.45) is 1.52. The number of nitrogens with zero attached hydrogens (tertiary/aromatic N) is 6. The van der Waals surface area contributed by atoms with Crippen LogP contribution >= 0.6 is 0 Å². The van der Waals surface area contributed by atoms with Crippen molar-refractivity contribution in [2.24, 2.45) is 0 Å². The van der Waals surface area contributed by atoms with Crippen molar-refractivity contribution in [2.45, 2.75) is 20.5 Å². The molecule has 33 heavy (non-hydrogen) atoms. The van der Waals surface area contributed by atoms with Gasteiger partial charge in [-0.1, -0.05) is 17.7 Å². The SMILES string of the molecule is COCc1nc(N2CCN(C(=O)c3ccco3)CC2)c2c(C)nn(-c3ccc(C)cc3)c2n1. The molecule has 0 radical (unpaired) electrons. The Morgan fingerprint density at radius 1 is 1.06 bits per heavy atom. The molecule has 1 aromatic carbocycles. The second kappa shape index (κ2) is 8.67. The van der Waals surface area contributed by atoms with E-state index < -0.39 is 0 Å². The minimum Gasteiger partial charge on any atom is -0.459 e. The van der Waals surface area contributed by atoms with E-state index in [-0.39, 0.29) is 5.91 Å². The van der Waals surface area contributed by atoms with E-state index in [0.29, 0.717) is 44.4 Å². The third kappa shape index (κ3) is 3.95. The Kier molecular flexibility index (Phi) is 5.55. The largest absolute Gasteiger partial charge is 0.459 e. The highest BCUT2D eigenvalue weighted by molar-refractivity contribution is 5.92. The van der Waals surface area contributed by atoms with Gasteiger partial charge in [-0.2, -0.15) is 5.10 Å². The van der Waals surface area contributed by atoms with Crippen LogP contribution in [0.2, 0.25) is 0 Å². The monoisotopic (exact) mass is 446 g/mol. The van der Waals surface area contributed by atoms with Crippen LogP contribution in [0.5, 0.6) is 0 Å². The topological polar surface area (TPSA) is 89.5 Å². The maximum Gasteiger partial charge on any atom is 0.289 e. The van der Waals surface area contributed by atoms with Gasteiger partial charge in [0.1, 0.15) is 12.4 Å². The lowest BCUT2D eigenvalue weighted by molar-refractivity contribution is 0.0714. The van der Waals surface area contributed by atoms with Gasteiger partial charge in [0, 0.05) is 33.3 Å². The van der Waals surface area contributed by atoms with Crippen molar-refractivity contribution in [2.75, 3.05) is 38.2 Å². The number of benzene rings is 1. The Morgan fingerprint density at radius 2 is 1.82 bits per heavy atom. The summed E-state index contributed by atoms with van der Waals surface area (Å²) in [7, 11) is 1.63. The summed E-state index contributed by atoms with van der Waals surface area (Å²) in [5.74, 6) is 1.71. The molecule has 5 rings (SSSR count). The predicted molar refractivity (Wildman–Crippen MR) is 124 cm³/mol. The number of aromatic nitrogens is 4. The molecule has 9 heteroatoms. The molecule has 1 aliphatic heterocycles. The van der Waals surface area contributed by atoms with Gasteiger partial charge in [0.25, 0.3) is 5.91 Å². The molecule has 0 saturated carbocycles. The van der Waals surface area contributed by atoms with Crippen LogP contribution in [0.4, 0.5) is 5.82 Å². The molecule has 3 aromatic heterocycles. The second-order valence-corrected chi connectivity index (χ2v) is 8.18. The van der Waals surface area contributed by atoms with E-state index in [1.54, 1.807) is 19.2 Å². The minimum atomic E-state index is -0.0871. The van der Waals surface area contributed by atoms with Crippen LogP contribution in [0.15, 0.2) is 47.1 Å². The van der Waals surface area contributed by atoms with Crippen LogP contribution in [0.3, 0.4) is 0 Å². The zero-order valence-electron chi connectivity index (χ0n) is 19.0. The van der Waals surface area contributed by atoms with Crippen molar-refractivity contribution >= 4 is 22.8 Å². The van der Waals surface area contributed by atoms with Crippen LogP contribution in [0, 0.1) is 13.8 Å². The van der Waals surface area contributed by atoms with Crippen molar-refractivity contribution in [3.63, 3.8) is 0 Å². The molecule has 0 spiro atoms. The first-order valence-electron chi connectivity index (χ1n) is 10.9. The number of amides is 1. The lowest BCUT2D eigenvalue weighted by atomic mass is 10.2. The van der Waals surface area contributed by atoms with Crippen LogP contribution < -0.4 is 4.90 Å². The van der Waals surface area contributed by atoms with Crippen LogP contribution in [0.1, 0.15) is 27.6 Å². The van der Waals surface area contributed by atoms with Crippen molar-refractivity contribution in [3.8, 4) is 5.69 Å². The van der Waals surface area contributed by atoms with Gasteiger partial charge in [-0.3, -0.25) is 4.79 Å². The molecule has 0 unspecified atom stereocenters. The standard InChI is InChI=1S/C24H26N6O3/c1-16-6-8-18(9-7-16)30-23-21(17(2)27-30)22(25-20(26-23)15-32-3)28-10-12-29(13-11-28)24(31)19-5-4-14-33-19/h4-9,14H,10-13,15H2,1-3H3. The second-order valence-electron chi connectivity index (χ2n) is 8.18. The van der Waals surface area contributed by atoms with E-state index >= 15 is 0 Å². The number of rotatable bonds is 5. The predicted octanol–water partition coefficient (Wildman–Crippen LogP) is 3.13. The molecule has 1 amide bonds. The highest BCUT2D eigenvalue weighted by atomic mass is 16.5. The van der Waals surface area contributed by atoms with Crippen molar-refractivity contribution in [1.82, 2.24) is 24.6 Å². The van der Waals surface area contributed by atoms with Crippen molar-refractivity contribution < 1.29 is 13.9 Å². The summed E-state index contributed by atoms with van der Waals surface area (Å²) in [6, 6.07) is 11.6. The number of piperazine rings is 1. The van der Waals surface area contributed by atoms with Gasteiger partial charge >= 0.3 is 0 Å². The Balaban J connectivity index is 1.50. The van der Waals surface area contributed by atoms with Gasteiger partial charge in [-0.15, -0.1) is 0 Å². The number of hydrogen-bond acceptors (Lipinski definition) is 7. The quantitative estimate of drug-likeness (QED) is 0.465. The molecule has 9 nitrogen and oxygen atoms in total. The molecule has 0 atom stereocenters. The average Bonchev–Trinajstić information content (AvgIpc) is 3.48. The van der Waals surface area contributed by atoms with Crippen LogP contribution in [-0.4, -0.2) is 63.8 Å². The van der Waals surface area contributed by atoms with E-state index in [1.807, 2.05) is 28.6 Å². The highest BCUT2D eigenvalue weighted by Crippen LogP contribution is 2.30. The summed E-state index contributed by atoms with van der Waals surface area (Å²) >= 11 is 0. The lowest BCUT2D eigenvalue weighted by Crippen LogP contribution is -2.49. The van der Waals surface area contributed by atoms with E-state index in [2.05, 4.69) is 24.0 Å². The summed E-state index contributed by atoms with van der Waals surface area (Å²) in [5, 5.41) is 5.71. The van der Waals surface area contributed by atoms with Gasteiger partial charge in [-0.05, 0) is 38.1 Å². The number of anilines is 1. The van der Waals surface area contributed by atoms with Crippen molar-refractivity contribution in [1.29, 1.82) is 0 Å². The van der Waals surface area contributed by atoms with Crippen LogP contribution in [0.25, 0.3) is 16.7 Å². The van der Waals surface area contributed by atoms with E-state index in [9.17, 15) is 4.79 Å². The number of methoxy groups -OCH3 is 1.